The van der Waals surface area contributed by atoms with Crippen molar-refractivity contribution in [1.29, 1.82) is 0 Å². The number of phenolic OH excluding ortho intramolecular Hbond substituents is 2. The third kappa shape index (κ3) is 3.27. The predicted molar refractivity (Wildman–Crippen MR) is 72.5 cm³/mol. The highest BCUT2D eigenvalue weighted by Crippen LogP contribution is 2.25. The number of benzene rings is 1. The summed E-state index contributed by atoms with van der Waals surface area (Å²) in [4.78, 5) is 25.2. The van der Waals surface area contributed by atoms with E-state index in [2.05, 4.69) is 0 Å². The average molecular weight is 278 g/mol. The van der Waals surface area contributed by atoms with Crippen molar-refractivity contribution in [2.45, 2.75) is 12.8 Å². The smallest absolute Gasteiger partial charge is 0.221 e. The Labute approximate surface area is 116 Å². The molecule has 1 aromatic rings. The molecule has 20 heavy (non-hydrogen) atoms. The lowest BCUT2D eigenvalue weighted by Crippen LogP contribution is -2.43. The van der Waals surface area contributed by atoms with Crippen LogP contribution < -0.4 is 5.73 Å². The quantitative estimate of drug-likeness (QED) is 0.549. The lowest BCUT2D eigenvalue weighted by molar-refractivity contribution is -0.123. The maximum absolute atomic E-state index is 12.1. The van der Waals surface area contributed by atoms with E-state index < -0.39 is 0 Å². The Morgan fingerprint density at radius 1 is 1.30 bits per heavy atom. The van der Waals surface area contributed by atoms with Crippen LogP contribution in [-0.2, 0) is 4.79 Å². The molecule has 1 heterocycles. The normalized spacial score (nSPS) is 19.7. The first kappa shape index (κ1) is 14.3. The van der Waals surface area contributed by atoms with E-state index in [0.29, 0.717) is 12.1 Å². The SMILES string of the molecule is NC(=O)C1CCCN(CC(=O)c2ccc(O)c(O)c2)C1. The Bertz CT molecular complexity index is 530. The summed E-state index contributed by atoms with van der Waals surface area (Å²) in [7, 11) is 0. The van der Waals surface area contributed by atoms with Crippen molar-refractivity contribution in [2.24, 2.45) is 11.7 Å². The molecule has 1 saturated heterocycles. The van der Waals surface area contributed by atoms with Crippen LogP contribution in [0.25, 0.3) is 0 Å². The number of hydrogen-bond acceptors (Lipinski definition) is 5. The summed E-state index contributed by atoms with van der Waals surface area (Å²) in [6.07, 6.45) is 1.60. The van der Waals surface area contributed by atoms with Gasteiger partial charge >= 0.3 is 0 Å². The first-order valence-corrected chi connectivity index (χ1v) is 6.54. The Hall–Kier alpha value is -2.08. The lowest BCUT2D eigenvalue weighted by atomic mass is 9.97. The Morgan fingerprint density at radius 2 is 2.05 bits per heavy atom. The van der Waals surface area contributed by atoms with Crippen molar-refractivity contribution in [3.63, 3.8) is 0 Å². The number of amides is 1. The van der Waals surface area contributed by atoms with Gasteiger partial charge in [0.25, 0.3) is 0 Å². The number of carbonyl (C=O) groups is 2. The number of ketones is 1. The van der Waals surface area contributed by atoms with Crippen LogP contribution in [0, 0.1) is 5.92 Å². The first-order chi connectivity index (χ1) is 9.47. The van der Waals surface area contributed by atoms with Crippen LogP contribution in [0.5, 0.6) is 11.5 Å². The highest BCUT2D eigenvalue weighted by atomic mass is 16.3. The molecule has 108 valence electrons. The number of aromatic hydroxyl groups is 2. The molecule has 0 aliphatic carbocycles. The Kier molecular flexibility index (Phi) is 4.24. The molecule has 4 N–H and O–H groups in total. The van der Waals surface area contributed by atoms with E-state index in [1.807, 2.05) is 4.90 Å². The number of likely N-dealkylation sites (tertiary alicyclic amines) is 1. The van der Waals surface area contributed by atoms with Crippen molar-refractivity contribution in [3.8, 4) is 11.5 Å². The van der Waals surface area contributed by atoms with Gasteiger partial charge in [0.05, 0.1) is 12.5 Å². The van der Waals surface area contributed by atoms with Crippen LogP contribution in [0.2, 0.25) is 0 Å². The molecule has 6 nitrogen and oxygen atoms in total. The molecule has 0 bridgehead atoms. The van der Waals surface area contributed by atoms with Crippen LogP contribution >= 0.6 is 0 Å². The molecule has 0 radical (unpaired) electrons. The second-order valence-electron chi connectivity index (χ2n) is 5.10. The highest BCUT2D eigenvalue weighted by Gasteiger charge is 2.25. The number of nitrogens with two attached hydrogens (primary N) is 1. The van der Waals surface area contributed by atoms with Gasteiger partial charge in [-0.2, -0.15) is 0 Å². The van der Waals surface area contributed by atoms with E-state index in [4.69, 9.17) is 5.73 Å². The molecule has 1 atom stereocenters. The van der Waals surface area contributed by atoms with E-state index in [9.17, 15) is 19.8 Å². The van der Waals surface area contributed by atoms with E-state index in [1.54, 1.807) is 0 Å². The molecule has 6 heteroatoms. The number of primary amides is 1. The molecule has 1 aromatic carbocycles. The van der Waals surface area contributed by atoms with Crippen molar-refractivity contribution >= 4 is 11.7 Å². The number of piperidine rings is 1. The fraction of sp³-hybridized carbons (Fsp3) is 0.429. The zero-order valence-corrected chi connectivity index (χ0v) is 11.1. The summed E-state index contributed by atoms with van der Waals surface area (Å²) in [6.45, 7) is 1.42. The first-order valence-electron chi connectivity index (χ1n) is 6.54. The molecule has 1 fully saturated rings. The van der Waals surface area contributed by atoms with Crippen molar-refractivity contribution in [3.05, 3.63) is 23.8 Å². The molecule has 1 unspecified atom stereocenters. The summed E-state index contributed by atoms with van der Waals surface area (Å²) >= 11 is 0. The molecule has 0 aromatic heterocycles. The topological polar surface area (TPSA) is 104 Å². The van der Waals surface area contributed by atoms with Gasteiger partial charge in [0.15, 0.2) is 17.3 Å². The molecular weight excluding hydrogens is 260 g/mol. The van der Waals surface area contributed by atoms with Gasteiger partial charge in [0.2, 0.25) is 5.91 Å². The van der Waals surface area contributed by atoms with Crippen molar-refractivity contribution < 1.29 is 19.8 Å². The zero-order chi connectivity index (χ0) is 14.7. The van der Waals surface area contributed by atoms with Crippen LogP contribution in [0.3, 0.4) is 0 Å². The fourth-order valence-electron chi connectivity index (χ4n) is 2.42. The van der Waals surface area contributed by atoms with Gasteiger partial charge in [0.1, 0.15) is 0 Å². The van der Waals surface area contributed by atoms with Gasteiger partial charge < -0.3 is 15.9 Å². The summed E-state index contributed by atoms with van der Waals surface area (Å²) in [6, 6.07) is 3.99. The zero-order valence-electron chi connectivity index (χ0n) is 11.1. The maximum atomic E-state index is 12.1. The molecule has 2 rings (SSSR count). The molecular formula is C14H18N2O4. The van der Waals surface area contributed by atoms with E-state index >= 15 is 0 Å². The van der Waals surface area contributed by atoms with Crippen molar-refractivity contribution in [1.82, 2.24) is 4.90 Å². The second kappa shape index (κ2) is 5.92. The summed E-state index contributed by atoms with van der Waals surface area (Å²) < 4.78 is 0. The lowest BCUT2D eigenvalue weighted by Gasteiger charge is -2.30. The minimum absolute atomic E-state index is 0.162. The summed E-state index contributed by atoms with van der Waals surface area (Å²) in [5.41, 5.74) is 5.63. The van der Waals surface area contributed by atoms with Gasteiger partial charge in [-0.05, 0) is 37.6 Å². The monoisotopic (exact) mass is 278 g/mol. The van der Waals surface area contributed by atoms with Gasteiger partial charge in [-0.3, -0.25) is 14.5 Å². The van der Waals surface area contributed by atoms with Crippen LogP contribution in [-0.4, -0.2) is 46.4 Å². The number of rotatable bonds is 4. The average Bonchev–Trinajstić information content (AvgIpc) is 2.42. The van der Waals surface area contributed by atoms with Crippen LogP contribution in [0.15, 0.2) is 18.2 Å². The number of carbonyl (C=O) groups excluding carboxylic acids is 2. The molecule has 0 saturated carbocycles. The standard InChI is InChI=1S/C14H18N2O4/c15-14(20)10-2-1-5-16(7-10)8-13(19)9-3-4-11(17)12(18)6-9/h3-4,6,10,17-18H,1-2,5,7-8H2,(H2,15,20). The van der Waals surface area contributed by atoms with E-state index in [0.717, 1.165) is 19.4 Å². The molecule has 1 aliphatic rings. The molecule has 0 spiro atoms. The number of Topliss-reactive ketones (excluding diaryl/α,β-unsaturated/α-hetero) is 1. The third-order valence-electron chi connectivity index (χ3n) is 3.57. The molecule has 1 aliphatic heterocycles. The Balaban J connectivity index is 2.00. The fourth-order valence-corrected chi connectivity index (χ4v) is 2.42. The number of phenols is 2. The van der Waals surface area contributed by atoms with E-state index in [1.165, 1.54) is 18.2 Å². The minimum atomic E-state index is -0.329. The predicted octanol–water partition coefficient (Wildman–Crippen LogP) is 0.478. The molecule has 1 amide bonds. The highest BCUT2D eigenvalue weighted by molar-refractivity contribution is 5.98. The number of nitrogens with zero attached hydrogens (tertiary/aromatic N) is 1. The Morgan fingerprint density at radius 3 is 2.70 bits per heavy atom. The summed E-state index contributed by atoms with van der Waals surface area (Å²) in [5.74, 6) is -1.27. The van der Waals surface area contributed by atoms with Gasteiger partial charge in [-0.15, -0.1) is 0 Å². The maximum Gasteiger partial charge on any atom is 0.221 e. The van der Waals surface area contributed by atoms with Gasteiger partial charge in [-0.1, -0.05) is 0 Å². The third-order valence-corrected chi connectivity index (χ3v) is 3.57. The number of hydrogen-bond donors (Lipinski definition) is 3. The largest absolute Gasteiger partial charge is 0.504 e. The summed E-state index contributed by atoms with van der Waals surface area (Å²) in [5, 5.41) is 18.6. The van der Waals surface area contributed by atoms with Gasteiger partial charge in [-0.25, -0.2) is 0 Å². The van der Waals surface area contributed by atoms with E-state index in [-0.39, 0.29) is 35.7 Å². The van der Waals surface area contributed by atoms with Gasteiger partial charge in [0, 0.05) is 12.1 Å². The van der Waals surface area contributed by atoms with Crippen LogP contribution in [0.4, 0.5) is 0 Å². The minimum Gasteiger partial charge on any atom is -0.504 e. The second-order valence-corrected chi connectivity index (χ2v) is 5.10. The van der Waals surface area contributed by atoms with Crippen LogP contribution in [0.1, 0.15) is 23.2 Å². The van der Waals surface area contributed by atoms with Crippen molar-refractivity contribution in [2.75, 3.05) is 19.6 Å².